The first-order valence-corrected chi connectivity index (χ1v) is 14.2. The molecule has 208 valence electrons. The maximum atomic E-state index is 12.4. The van der Waals surface area contributed by atoms with E-state index < -0.39 is 6.10 Å². The number of aliphatic hydroxyl groups excluding tert-OH is 1. The van der Waals surface area contributed by atoms with Crippen molar-refractivity contribution in [2.24, 2.45) is 46.3 Å². The lowest BCUT2D eigenvalue weighted by atomic mass is 9.41. The van der Waals surface area contributed by atoms with E-state index in [0.29, 0.717) is 25.9 Å². The summed E-state index contributed by atoms with van der Waals surface area (Å²) in [6.45, 7) is 8.13. The van der Waals surface area contributed by atoms with Crippen LogP contribution < -0.4 is 0 Å². The molecule has 0 unspecified atom stereocenters. The van der Waals surface area contributed by atoms with E-state index in [9.17, 15) is 19.5 Å². The van der Waals surface area contributed by atoms with E-state index in [0.717, 1.165) is 32.1 Å². The summed E-state index contributed by atoms with van der Waals surface area (Å²) in [7, 11) is 1.42. The largest absolute Gasteiger partial charge is 0.469 e. The first-order valence-electron chi connectivity index (χ1n) is 14.2. The molecule has 8 heteroatoms. The van der Waals surface area contributed by atoms with E-state index in [1.807, 2.05) is 0 Å². The highest BCUT2D eigenvalue weighted by molar-refractivity contribution is 5.69. The molecule has 1 N–H and O–H groups in total. The van der Waals surface area contributed by atoms with Crippen LogP contribution in [-0.2, 0) is 33.3 Å². The third kappa shape index (κ3) is 4.21. The van der Waals surface area contributed by atoms with E-state index in [4.69, 9.17) is 18.9 Å². The van der Waals surface area contributed by atoms with Crippen LogP contribution in [0.15, 0.2) is 0 Å². The van der Waals surface area contributed by atoms with Gasteiger partial charge in [-0.15, -0.1) is 0 Å². The second-order valence-corrected chi connectivity index (χ2v) is 12.9. The molecule has 1 heterocycles. The molecular formula is C29H44O8. The van der Waals surface area contributed by atoms with Gasteiger partial charge in [0.05, 0.1) is 25.9 Å². The molecule has 0 bridgehead atoms. The highest BCUT2D eigenvalue weighted by atomic mass is 16.6. The first kappa shape index (κ1) is 26.9. The van der Waals surface area contributed by atoms with Crippen LogP contribution in [0.4, 0.5) is 0 Å². The van der Waals surface area contributed by atoms with E-state index in [1.54, 1.807) is 0 Å². The smallest absolute Gasteiger partial charge is 0.305 e. The van der Waals surface area contributed by atoms with Gasteiger partial charge in [0, 0.05) is 43.4 Å². The quantitative estimate of drug-likeness (QED) is 0.418. The lowest BCUT2D eigenvalue weighted by molar-refractivity contribution is -0.324. The van der Waals surface area contributed by atoms with Crippen molar-refractivity contribution in [1.82, 2.24) is 0 Å². The minimum Gasteiger partial charge on any atom is -0.469 e. The molecule has 5 aliphatic rings. The summed E-state index contributed by atoms with van der Waals surface area (Å²) >= 11 is 0. The van der Waals surface area contributed by atoms with Crippen LogP contribution >= 0.6 is 0 Å². The maximum absolute atomic E-state index is 12.4. The summed E-state index contributed by atoms with van der Waals surface area (Å²) in [6.07, 6.45) is 5.05. The number of rotatable bonds is 6. The van der Waals surface area contributed by atoms with Crippen molar-refractivity contribution in [3.05, 3.63) is 0 Å². The number of ether oxygens (including phenoxy) is 4. The van der Waals surface area contributed by atoms with Crippen LogP contribution in [0.5, 0.6) is 0 Å². The van der Waals surface area contributed by atoms with Crippen molar-refractivity contribution in [1.29, 1.82) is 0 Å². The van der Waals surface area contributed by atoms with Crippen LogP contribution in [-0.4, -0.2) is 61.1 Å². The summed E-state index contributed by atoms with van der Waals surface area (Å²) in [6, 6.07) is 0. The van der Waals surface area contributed by atoms with Gasteiger partial charge in [0.1, 0.15) is 12.2 Å². The van der Waals surface area contributed by atoms with E-state index in [1.165, 1.54) is 21.0 Å². The number of carbonyl (C=O) groups excluding carboxylic acids is 3. The number of methoxy groups -OCH3 is 1. The Hall–Kier alpha value is -1.67. The molecule has 1 spiro atoms. The number of esters is 3. The van der Waals surface area contributed by atoms with Crippen molar-refractivity contribution in [2.75, 3.05) is 13.7 Å². The van der Waals surface area contributed by atoms with Gasteiger partial charge in [0.2, 0.25) is 0 Å². The second-order valence-electron chi connectivity index (χ2n) is 12.9. The molecule has 0 amide bonds. The minimum atomic E-state index is -0.400. The van der Waals surface area contributed by atoms with Crippen molar-refractivity contribution >= 4 is 17.9 Å². The Morgan fingerprint density at radius 3 is 2.38 bits per heavy atom. The number of carbonyl (C=O) groups is 3. The topological polar surface area (TPSA) is 108 Å². The molecular weight excluding hydrogens is 476 g/mol. The van der Waals surface area contributed by atoms with Gasteiger partial charge in [-0.25, -0.2) is 0 Å². The molecule has 5 rings (SSSR count). The predicted molar refractivity (Wildman–Crippen MR) is 133 cm³/mol. The normalized spacial score (nSPS) is 46.7. The number of fused-ring (bicyclic) bond motifs is 3. The molecule has 37 heavy (non-hydrogen) atoms. The Morgan fingerprint density at radius 2 is 1.76 bits per heavy atom. The van der Waals surface area contributed by atoms with Crippen molar-refractivity contribution in [3.8, 4) is 0 Å². The molecule has 0 aromatic rings. The average molecular weight is 521 g/mol. The van der Waals surface area contributed by atoms with Crippen molar-refractivity contribution < 1.29 is 38.4 Å². The summed E-state index contributed by atoms with van der Waals surface area (Å²) < 4.78 is 23.2. The monoisotopic (exact) mass is 520 g/mol. The Labute approximate surface area is 220 Å². The van der Waals surface area contributed by atoms with Gasteiger partial charge in [-0.3, -0.25) is 14.4 Å². The van der Waals surface area contributed by atoms with Crippen molar-refractivity contribution in [3.63, 3.8) is 0 Å². The van der Waals surface area contributed by atoms with Gasteiger partial charge < -0.3 is 24.1 Å². The minimum absolute atomic E-state index is 0.00513. The molecule has 4 aliphatic carbocycles. The molecule has 4 saturated carbocycles. The van der Waals surface area contributed by atoms with Crippen LogP contribution in [0.3, 0.4) is 0 Å². The average Bonchev–Trinajstić information content (AvgIpc) is 3.17. The van der Waals surface area contributed by atoms with Gasteiger partial charge in [-0.2, -0.15) is 0 Å². The zero-order valence-corrected chi connectivity index (χ0v) is 22.9. The third-order valence-corrected chi connectivity index (χ3v) is 11.4. The van der Waals surface area contributed by atoms with Crippen LogP contribution in [0.25, 0.3) is 0 Å². The predicted octanol–water partition coefficient (Wildman–Crippen LogP) is 3.67. The highest BCUT2D eigenvalue weighted by Gasteiger charge is 2.72. The van der Waals surface area contributed by atoms with Crippen molar-refractivity contribution in [2.45, 2.75) is 103 Å². The standard InChI is InChI=1S/C29H44O8/c1-15(6-9-26(33)34-5)20-7-8-21-27-22(13-24(28(20,21)4)37-17(3)31)29-14-35-25(29)12-19(32)10-18(29)11-23(27)36-16(2)30/h15,18-25,27,32H,6-14H2,1-5H3/t15-,18+,19+,20-,21+,22+,23-,24+,25+,27+,28-,29+/m1/s1. The molecule has 0 aromatic carbocycles. The molecule has 1 aliphatic heterocycles. The van der Waals surface area contributed by atoms with Crippen LogP contribution in [0, 0.1) is 46.3 Å². The van der Waals surface area contributed by atoms with E-state index in [-0.39, 0.29) is 82.6 Å². The number of hydrogen-bond donors (Lipinski definition) is 1. The first-order chi connectivity index (χ1) is 17.5. The Kier molecular flexibility index (Phi) is 7.14. The van der Waals surface area contributed by atoms with Gasteiger partial charge in [0.25, 0.3) is 0 Å². The van der Waals surface area contributed by atoms with Gasteiger partial charge in [-0.05, 0) is 68.1 Å². The Morgan fingerprint density at radius 1 is 1.03 bits per heavy atom. The SMILES string of the molecule is COC(=O)CC[C@@H](C)[C@H]1CC[C@H]2[C@@H]3[C@H](OC(C)=O)C[C@@H]4C[C@H](O)C[C@@H]5OC[C@@]45[C@H]3C[C@H](OC(C)=O)[C@]12C. The molecule has 1 saturated heterocycles. The number of hydrogen-bond acceptors (Lipinski definition) is 8. The Balaban J connectivity index is 1.52. The molecule has 12 atom stereocenters. The van der Waals surface area contributed by atoms with Gasteiger partial charge in [-0.1, -0.05) is 13.8 Å². The zero-order chi connectivity index (χ0) is 26.7. The van der Waals surface area contributed by atoms with E-state index in [2.05, 4.69) is 13.8 Å². The molecule has 0 aromatic heterocycles. The Bertz CT molecular complexity index is 920. The summed E-state index contributed by atoms with van der Waals surface area (Å²) in [5.41, 5.74) is -0.340. The van der Waals surface area contributed by atoms with E-state index >= 15 is 0 Å². The molecule has 8 nitrogen and oxygen atoms in total. The third-order valence-electron chi connectivity index (χ3n) is 11.4. The fourth-order valence-corrected chi connectivity index (χ4v) is 9.98. The fourth-order valence-electron chi connectivity index (χ4n) is 9.98. The fraction of sp³-hybridized carbons (Fsp3) is 0.897. The van der Waals surface area contributed by atoms with Gasteiger partial charge >= 0.3 is 17.9 Å². The molecule has 5 fully saturated rings. The summed E-state index contributed by atoms with van der Waals surface area (Å²) in [5.74, 6) is 0.630. The number of aliphatic hydroxyl groups is 1. The molecule has 0 radical (unpaired) electrons. The lowest BCUT2D eigenvalue weighted by Crippen LogP contribution is -2.72. The highest BCUT2D eigenvalue weighted by Crippen LogP contribution is 2.71. The lowest BCUT2D eigenvalue weighted by Gasteiger charge is -2.69. The summed E-state index contributed by atoms with van der Waals surface area (Å²) in [5, 5.41) is 10.6. The van der Waals surface area contributed by atoms with Crippen LogP contribution in [0.2, 0.25) is 0 Å². The van der Waals surface area contributed by atoms with Crippen LogP contribution in [0.1, 0.15) is 79.1 Å². The zero-order valence-electron chi connectivity index (χ0n) is 22.9. The second kappa shape index (κ2) is 9.82. The van der Waals surface area contributed by atoms with Gasteiger partial charge in [0.15, 0.2) is 0 Å². The maximum Gasteiger partial charge on any atom is 0.305 e. The summed E-state index contributed by atoms with van der Waals surface area (Å²) in [4.78, 5) is 36.6.